The number of ether oxygens (including phenoxy) is 1. The molecule has 0 atom stereocenters. The summed E-state index contributed by atoms with van der Waals surface area (Å²) in [6, 6.07) is 8.04. The van der Waals surface area contributed by atoms with E-state index in [1.54, 1.807) is 13.3 Å². The molecule has 0 amide bonds. The number of pyridine rings is 1. The second kappa shape index (κ2) is 5.53. The summed E-state index contributed by atoms with van der Waals surface area (Å²) in [5.74, 6) is 0.753. The number of methoxy groups -OCH3 is 1. The van der Waals surface area contributed by atoms with Crippen molar-refractivity contribution >= 4 is 22.8 Å². The van der Waals surface area contributed by atoms with Crippen LogP contribution in [0, 0.1) is 13.8 Å². The number of hydrogen-bond donors (Lipinski definition) is 2. The molecule has 0 radical (unpaired) electrons. The molecule has 0 aromatic carbocycles. The lowest BCUT2D eigenvalue weighted by atomic mass is 10.2. The minimum Gasteiger partial charge on any atom is -0.494 e. The molecule has 0 bridgehead atoms. The van der Waals surface area contributed by atoms with E-state index >= 15 is 0 Å². The molecular formula is C19H18N4O. The molecule has 4 rings (SSSR count). The molecule has 24 heavy (non-hydrogen) atoms. The van der Waals surface area contributed by atoms with Crippen molar-refractivity contribution in [1.82, 2.24) is 15.0 Å². The van der Waals surface area contributed by atoms with Crippen LogP contribution < -0.4 is 0 Å². The number of fused-ring (bicyclic) bond motifs is 1. The van der Waals surface area contributed by atoms with E-state index in [4.69, 9.17) is 9.73 Å². The number of hydrogen-bond acceptors (Lipinski definition) is 3. The predicted octanol–water partition coefficient (Wildman–Crippen LogP) is 3.88. The van der Waals surface area contributed by atoms with Gasteiger partial charge in [0.1, 0.15) is 11.5 Å². The van der Waals surface area contributed by atoms with Crippen molar-refractivity contribution in [3.8, 4) is 0 Å². The molecule has 0 saturated carbocycles. The Bertz CT molecular complexity index is 984. The number of nitrogens with one attached hydrogen (secondary N) is 2. The summed E-state index contributed by atoms with van der Waals surface area (Å²) in [4.78, 5) is 15.8. The molecule has 0 aliphatic carbocycles. The minimum atomic E-state index is 0.753. The van der Waals surface area contributed by atoms with E-state index in [0.29, 0.717) is 0 Å². The summed E-state index contributed by atoms with van der Waals surface area (Å²) in [5.41, 5.74) is 7.88. The smallest absolute Gasteiger partial charge is 0.146 e. The van der Waals surface area contributed by atoms with Gasteiger partial charge in [0.05, 0.1) is 29.5 Å². The van der Waals surface area contributed by atoms with Gasteiger partial charge in [-0.1, -0.05) is 0 Å². The van der Waals surface area contributed by atoms with Gasteiger partial charge in [0.15, 0.2) is 0 Å². The van der Waals surface area contributed by atoms with Crippen LogP contribution in [-0.2, 0) is 4.74 Å². The average Bonchev–Trinajstić information content (AvgIpc) is 3.24. The first-order chi connectivity index (χ1) is 11.6. The van der Waals surface area contributed by atoms with E-state index in [1.807, 2.05) is 37.3 Å². The summed E-state index contributed by atoms with van der Waals surface area (Å²) in [5, 5.41) is 0. The molecule has 0 fully saturated rings. The van der Waals surface area contributed by atoms with Crippen molar-refractivity contribution in [2.24, 2.45) is 4.99 Å². The highest BCUT2D eigenvalue weighted by Crippen LogP contribution is 2.26. The maximum atomic E-state index is 5.50. The topological polar surface area (TPSA) is 66.1 Å². The zero-order valence-corrected chi connectivity index (χ0v) is 13.8. The summed E-state index contributed by atoms with van der Waals surface area (Å²) in [6.45, 7) is 4.12. The first kappa shape index (κ1) is 14.5. The molecule has 5 heteroatoms. The van der Waals surface area contributed by atoms with Crippen LogP contribution in [0.15, 0.2) is 53.0 Å². The van der Waals surface area contributed by atoms with Gasteiger partial charge in [0, 0.05) is 23.7 Å². The standard InChI is InChI=1S/C19H18N4O/c1-11-7-12(2)21-14(11)8-18-19(24-3)10-17(23-18)16-9-15-13(22-16)5-4-6-20-15/h4-10,21-22H,1-3H3/b18-8-. The third-order valence-electron chi connectivity index (χ3n) is 4.12. The molecule has 3 aromatic rings. The molecule has 4 heterocycles. The fourth-order valence-corrected chi connectivity index (χ4v) is 2.95. The highest BCUT2D eigenvalue weighted by atomic mass is 16.5. The van der Waals surface area contributed by atoms with Crippen molar-refractivity contribution in [3.05, 3.63) is 70.6 Å². The lowest BCUT2D eigenvalue weighted by Crippen LogP contribution is -1.93. The molecule has 0 unspecified atom stereocenters. The third kappa shape index (κ3) is 2.44. The van der Waals surface area contributed by atoms with Gasteiger partial charge in [-0.3, -0.25) is 4.98 Å². The second-order valence-electron chi connectivity index (χ2n) is 5.91. The van der Waals surface area contributed by atoms with Crippen molar-refractivity contribution in [1.29, 1.82) is 0 Å². The summed E-state index contributed by atoms with van der Waals surface area (Å²) in [7, 11) is 1.66. The quantitative estimate of drug-likeness (QED) is 0.769. The molecule has 0 spiro atoms. The maximum Gasteiger partial charge on any atom is 0.146 e. The van der Waals surface area contributed by atoms with Gasteiger partial charge in [-0.25, -0.2) is 4.99 Å². The molecule has 5 nitrogen and oxygen atoms in total. The number of aryl methyl sites for hydroxylation is 2. The fourth-order valence-electron chi connectivity index (χ4n) is 2.95. The number of aliphatic imine (C=N–C) groups is 1. The second-order valence-corrected chi connectivity index (χ2v) is 5.91. The van der Waals surface area contributed by atoms with Crippen molar-refractivity contribution in [3.63, 3.8) is 0 Å². The molecule has 1 aliphatic heterocycles. The van der Waals surface area contributed by atoms with E-state index in [0.717, 1.165) is 45.3 Å². The first-order valence-electron chi connectivity index (χ1n) is 7.81. The number of nitrogens with zero attached hydrogens (tertiary/aromatic N) is 2. The van der Waals surface area contributed by atoms with E-state index < -0.39 is 0 Å². The van der Waals surface area contributed by atoms with E-state index in [1.165, 1.54) is 5.56 Å². The molecule has 3 aromatic heterocycles. The van der Waals surface area contributed by atoms with Crippen LogP contribution >= 0.6 is 0 Å². The SMILES string of the molecule is COC1=CC(c2cc3ncccc3[nH]2)=N/C1=C\c1[nH]c(C)cc1C. The van der Waals surface area contributed by atoms with E-state index in [9.17, 15) is 0 Å². The number of aromatic amines is 2. The zero-order valence-electron chi connectivity index (χ0n) is 13.8. The molecule has 120 valence electrons. The number of rotatable bonds is 3. The highest BCUT2D eigenvalue weighted by Gasteiger charge is 2.18. The summed E-state index contributed by atoms with van der Waals surface area (Å²) >= 11 is 0. The molecule has 0 saturated heterocycles. The zero-order chi connectivity index (χ0) is 16.7. The van der Waals surface area contributed by atoms with Gasteiger partial charge in [-0.2, -0.15) is 0 Å². The molecule has 1 aliphatic rings. The lowest BCUT2D eigenvalue weighted by Gasteiger charge is -2.01. The fraction of sp³-hybridized carbons (Fsp3) is 0.158. The van der Waals surface area contributed by atoms with Gasteiger partial charge in [-0.15, -0.1) is 0 Å². The number of allylic oxidation sites excluding steroid dienone is 1. The van der Waals surface area contributed by atoms with Crippen LogP contribution in [0.4, 0.5) is 0 Å². The van der Waals surface area contributed by atoms with Gasteiger partial charge < -0.3 is 14.7 Å². The molecular weight excluding hydrogens is 300 g/mol. The van der Waals surface area contributed by atoms with Gasteiger partial charge in [-0.05, 0) is 49.8 Å². The Labute approximate surface area is 139 Å². The van der Waals surface area contributed by atoms with Crippen LogP contribution in [0.25, 0.3) is 17.1 Å². The first-order valence-corrected chi connectivity index (χ1v) is 7.81. The Kier molecular flexibility index (Phi) is 3.34. The normalized spacial score (nSPS) is 15.9. The Morgan fingerprint density at radius 2 is 2.04 bits per heavy atom. The van der Waals surface area contributed by atoms with Crippen molar-refractivity contribution in [2.75, 3.05) is 7.11 Å². The van der Waals surface area contributed by atoms with E-state index in [-0.39, 0.29) is 0 Å². The highest BCUT2D eigenvalue weighted by molar-refractivity contribution is 6.12. The van der Waals surface area contributed by atoms with Gasteiger partial charge >= 0.3 is 0 Å². The Morgan fingerprint density at radius 1 is 1.17 bits per heavy atom. The van der Waals surface area contributed by atoms with Gasteiger partial charge in [0.25, 0.3) is 0 Å². The van der Waals surface area contributed by atoms with Crippen LogP contribution in [0.2, 0.25) is 0 Å². The third-order valence-corrected chi connectivity index (χ3v) is 4.12. The number of aromatic nitrogens is 3. The minimum absolute atomic E-state index is 0.753. The largest absolute Gasteiger partial charge is 0.494 e. The van der Waals surface area contributed by atoms with Crippen LogP contribution in [0.1, 0.15) is 22.6 Å². The number of H-pyrrole nitrogens is 2. The van der Waals surface area contributed by atoms with Gasteiger partial charge in [0.2, 0.25) is 0 Å². The van der Waals surface area contributed by atoms with Crippen molar-refractivity contribution < 1.29 is 4.74 Å². The van der Waals surface area contributed by atoms with Crippen molar-refractivity contribution in [2.45, 2.75) is 13.8 Å². The van der Waals surface area contributed by atoms with Crippen LogP contribution in [-0.4, -0.2) is 27.8 Å². The monoisotopic (exact) mass is 318 g/mol. The summed E-state index contributed by atoms with van der Waals surface area (Å²) in [6.07, 6.45) is 5.75. The molecule has 2 N–H and O–H groups in total. The van der Waals surface area contributed by atoms with Crippen LogP contribution in [0.5, 0.6) is 0 Å². The lowest BCUT2D eigenvalue weighted by molar-refractivity contribution is 0.303. The Morgan fingerprint density at radius 3 is 2.75 bits per heavy atom. The van der Waals surface area contributed by atoms with E-state index in [2.05, 4.69) is 27.9 Å². The average molecular weight is 318 g/mol. The van der Waals surface area contributed by atoms with Crippen LogP contribution in [0.3, 0.4) is 0 Å². The Hall–Kier alpha value is -3.08. The predicted molar refractivity (Wildman–Crippen MR) is 96.0 cm³/mol. The maximum absolute atomic E-state index is 5.50. The Balaban J connectivity index is 1.77. The summed E-state index contributed by atoms with van der Waals surface area (Å²) < 4.78 is 5.50.